The van der Waals surface area contributed by atoms with Crippen molar-refractivity contribution in [3.05, 3.63) is 47.0 Å². The quantitative estimate of drug-likeness (QED) is 0.434. The zero-order valence-electron chi connectivity index (χ0n) is 13.5. The van der Waals surface area contributed by atoms with Gasteiger partial charge in [-0.05, 0) is 24.6 Å². The molecule has 0 aliphatic carbocycles. The lowest BCUT2D eigenvalue weighted by atomic mass is 10.2. The van der Waals surface area contributed by atoms with Crippen LogP contribution in [0.5, 0.6) is 0 Å². The summed E-state index contributed by atoms with van der Waals surface area (Å²) in [5.74, 6) is 1.66. The first-order valence-electron chi connectivity index (χ1n) is 7.17. The predicted molar refractivity (Wildman–Crippen MR) is 104 cm³/mol. The second-order valence-corrected chi connectivity index (χ2v) is 5.39. The number of hydrogen-bond acceptors (Lipinski definition) is 3. The number of hydrogen-bond donors (Lipinski definition) is 1. The Morgan fingerprint density at radius 2 is 2.04 bits per heavy atom. The van der Waals surface area contributed by atoms with Crippen LogP contribution < -0.4 is 5.32 Å². The molecule has 0 aliphatic rings. The fourth-order valence-corrected chi connectivity index (χ4v) is 2.14. The molecule has 1 aromatic carbocycles. The number of aliphatic imine (C=N–C) groups is 1. The minimum atomic E-state index is 0. The van der Waals surface area contributed by atoms with Crippen LogP contribution in [0.1, 0.15) is 18.3 Å². The summed E-state index contributed by atoms with van der Waals surface area (Å²) < 4.78 is 1.73. The average Bonchev–Trinajstić information content (AvgIpc) is 2.91. The fourth-order valence-electron chi connectivity index (χ4n) is 2.02. The summed E-state index contributed by atoms with van der Waals surface area (Å²) in [5.41, 5.74) is 1.18. The third-order valence-corrected chi connectivity index (χ3v) is 3.46. The molecule has 0 bridgehead atoms. The lowest BCUT2D eigenvalue weighted by Gasteiger charge is -2.22. The van der Waals surface area contributed by atoms with Gasteiger partial charge in [0.1, 0.15) is 18.7 Å². The molecule has 6 nitrogen and oxygen atoms in total. The maximum atomic E-state index is 5.92. The van der Waals surface area contributed by atoms with Gasteiger partial charge in [0.05, 0.1) is 0 Å². The second kappa shape index (κ2) is 9.71. The molecule has 0 fully saturated rings. The van der Waals surface area contributed by atoms with Gasteiger partial charge >= 0.3 is 0 Å². The van der Waals surface area contributed by atoms with Gasteiger partial charge in [-0.3, -0.25) is 4.68 Å². The third kappa shape index (κ3) is 5.98. The molecule has 2 aromatic rings. The first-order chi connectivity index (χ1) is 10.6. The SMILES string of the molecule is CCNC(=NCc1ncnn1C)N(C)Cc1ccc(Cl)cc1.I. The number of rotatable bonds is 5. The van der Waals surface area contributed by atoms with Gasteiger partial charge in [0.2, 0.25) is 0 Å². The molecule has 1 aromatic heterocycles. The minimum absolute atomic E-state index is 0. The van der Waals surface area contributed by atoms with Gasteiger partial charge in [-0.25, -0.2) is 9.98 Å². The van der Waals surface area contributed by atoms with E-state index in [1.807, 2.05) is 45.3 Å². The van der Waals surface area contributed by atoms with E-state index >= 15 is 0 Å². The largest absolute Gasteiger partial charge is 0.357 e. The summed E-state index contributed by atoms with van der Waals surface area (Å²) in [6.07, 6.45) is 1.54. The normalized spacial score (nSPS) is 11.0. The standard InChI is InChI=1S/C15H21ClN6.HI/c1-4-17-15(18-9-14-19-11-20-22(14)3)21(2)10-12-5-7-13(16)8-6-12;/h5-8,11H,4,9-10H2,1-3H3,(H,17,18);1H. The molecule has 0 unspecified atom stereocenters. The molecular weight excluding hydrogens is 427 g/mol. The van der Waals surface area contributed by atoms with Crippen LogP contribution in [0.2, 0.25) is 5.02 Å². The van der Waals surface area contributed by atoms with Crippen LogP contribution in [-0.2, 0) is 20.1 Å². The second-order valence-electron chi connectivity index (χ2n) is 4.95. The molecule has 1 N–H and O–H groups in total. The first kappa shape index (κ1) is 19.7. The van der Waals surface area contributed by atoms with Crippen LogP contribution in [0.3, 0.4) is 0 Å². The molecule has 8 heteroatoms. The number of aromatic nitrogens is 3. The van der Waals surface area contributed by atoms with Gasteiger partial charge in [-0.1, -0.05) is 23.7 Å². The van der Waals surface area contributed by atoms with E-state index < -0.39 is 0 Å². The number of aryl methyl sites for hydroxylation is 1. The number of nitrogens with zero attached hydrogens (tertiary/aromatic N) is 5. The smallest absolute Gasteiger partial charge is 0.194 e. The highest BCUT2D eigenvalue weighted by Crippen LogP contribution is 2.11. The fraction of sp³-hybridized carbons (Fsp3) is 0.400. The van der Waals surface area contributed by atoms with Crippen molar-refractivity contribution in [1.82, 2.24) is 25.0 Å². The minimum Gasteiger partial charge on any atom is -0.357 e. The lowest BCUT2D eigenvalue weighted by molar-refractivity contribution is 0.476. The number of nitrogens with one attached hydrogen (secondary N) is 1. The van der Waals surface area contributed by atoms with E-state index in [0.717, 1.165) is 29.9 Å². The van der Waals surface area contributed by atoms with Crippen molar-refractivity contribution >= 4 is 41.5 Å². The van der Waals surface area contributed by atoms with Crippen LogP contribution in [0.25, 0.3) is 0 Å². The van der Waals surface area contributed by atoms with E-state index in [4.69, 9.17) is 11.6 Å². The van der Waals surface area contributed by atoms with Crippen LogP contribution in [-0.4, -0.2) is 39.2 Å². The molecule has 1 heterocycles. The van der Waals surface area contributed by atoms with Gasteiger partial charge in [0.25, 0.3) is 0 Å². The van der Waals surface area contributed by atoms with Crippen molar-refractivity contribution in [1.29, 1.82) is 0 Å². The Balaban J connectivity index is 0.00000264. The van der Waals surface area contributed by atoms with Crippen molar-refractivity contribution in [3.8, 4) is 0 Å². The van der Waals surface area contributed by atoms with Crippen molar-refractivity contribution in [2.75, 3.05) is 13.6 Å². The van der Waals surface area contributed by atoms with Gasteiger partial charge < -0.3 is 10.2 Å². The van der Waals surface area contributed by atoms with Crippen LogP contribution in [0.15, 0.2) is 35.6 Å². The number of guanidine groups is 1. The first-order valence-corrected chi connectivity index (χ1v) is 7.54. The maximum absolute atomic E-state index is 5.92. The Hall–Kier alpha value is -1.35. The highest BCUT2D eigenvalue weighted by molar-refractivity contribution is 14.0. The maximum Gasteiger partial charge on any atom is 0.194 e. The van der Waals surface area contributed by atoms with E-state index in [0.29, 0.717) is 6.54 Å². The van der Waals surface area contributed by atoms with Crippen LogP contribution in [0.4, 0.5) is 0 Å². The molecule has 23 heavy (non-hydrogen) atoms. The zero-order chi connectivity index (χ0) is 15.9. The van der Waals surface area contributed by atoms with Gasteiger partial charge in [0, 0.05) is 32.2 Å². The topological polar surface area (TPSA) is 58.3 Å². The highest BCUT2D eigenvalue weighted by atomic mass is 127. The van der Waals surface area contributed by atoms with E-state index in [9.17, 15) is 0 Å². The van der Waals surface area contributed by atoms with Crippen LogP contribution in [0, 0.1) is 0 Å². The summed E-state index contributed by atoms with van der Waals surface area (Å²) in [5, 5.41) is 8.08. The Morgan fingerprint density at radius 3 is 2.61 bits per heavy atom. The van der Waals surface area contributed by atoms with Gasteiger partial charge in [-0.2, -0.15) is 5.10 Å². The monoisotopic (exact) mass is 448 g/mol. The lowest BCUT2D eigenvalue weighted by Crippen LogP contribution is -2.38. The van der Waals surface area contributed by atoms with Crippen LogP contribution >= 0.6 is 35.6 Å². The van der Waals surface area contributed by atoms with E-state index in [2.05, 4.69) is 25.3 Å². The molecule has 0 amide bonds. The van der Waals surface area contributed by atoms with E-state index in [-0.39, 0.29) is 24.0 Å². The zero-order valence-corrected chi connectivity index (χ0v) is 16.6. The van der Waals surface area contributed by atoms with Crippen molar-refractivity contribution in [3.63, 3.8) is 0 Å². The summed E-state index contributed by atoms with van der Waals surface area (Å²) >= 11 is 5.92. The Kier molecular flexibility index (Phi) is 8.32. The molecule has 0 saturated heterocycles. The molecule has 0 radical (unpaired) electrons. The molecule has 0 spiro atoms. The summed E-state index contributed by atoms with van der Waals surface area (Å²) in [7, 11) is 3.87. The van der Waals surface area contributed by atoms with Gasteiger partial charge in [-0.15, -0.1) is 24.0 Å². The summed E-state index contributed by atoms with van der Waals surface area (Å²) in [6, 6.07) is 7.83. The molecule has 126 valence electrons. The molecule has 0 atom stereocenters. The number of halogens is 2. The van der Waals surface area contributed by atoms with Gasteiger partial charge in [0.15, 0.2) is 5.96 Å². The molecular formula is C15H22ClIN6. The average molecular weight is 449 g/mol. The Bertz CT molecular complexity index is 625. The third-order valence-electron chi connectivity index (χ3n) is 3.20. The Morgan fingerprint density at radius 1 is 1.35 bits per heavy atom. The van der Waals surface area contributed by atoms with Crippen molar-refractivity contribution in [2.24, 2.45) is 12.0 Å². The molecule has 2 rings (SSSR count). The van der Waals surface area contributed by atoms with Crippen molar-refractivity contribution < 1.29 is 0 Å². The summed E-state index contributed by atoms with van der Waals surface area (Å²) in [4.78, 5) is 10.9. The van der Waals surface area contributed by atoms with Crippen molar-refractivity contribution in [2.45, 2.75) is 20.0 Å². The van der Waals surface area contributed by atoms with E-state index in [1.54, 1.807) is 4.68 Å². The molecule has 0 aliphatic heterocycles. The predicted octanol–water partition coefficient (Wildman–Crippen LogP) is 2.68. The highest BCUT2D eigenvalue weighted by Gasteiger charge is 2.07. The number of benzene rings is 1. The van der Waals surface area contributed by atoms with E-state index in [1.165, 1.54) is 11.9 Å². The summed E-state index contributed by atoms with van der Waals surface area (Å²) in [6.45, 7) is 4.10. The molecule has 0 saturated carbocycles. The Labute approximate surface area is 159 Å².